The first-order chi connectivity index (χ1) is 19.6. The molecule has 4 rings (SSSR count). The number of hydrogen-bond donors (Lipinski definition) is 0. The minimum absolute atomic E-state index is 0.439. The summed E-state index contributed by atoms with van der Waals surface area (Å²) in [5.74, 6) is 2.80. The molecule has 0 unspecified atom stereocenters. The van der Waals surface area contributed by atoms with Crippen molar-refractivity contribution in [3.8, 4) is 34.1 Å². The molecule has 0 amide bonds. The average Bonchev–Trinajstić information content (AvgIpc) is 3.01. The molecule has 4 aromatic carbocycles. The van der Waals surface area contributed by atoms with Gasteiger partial charge in [0, 0.05) is 0 Å². The Kier molecular flexibility index (Phi) is 10.0. The highest BCUT2D eigenvalue weighted by atomic mass is 16.5. The summed E-state index contributed by atoms with van der Waals surface area (Å²) in [5, 5.41) is 0. The van der Waals surface area contributed by atoms with Crippen LogP contribution in [0.25, 0.3) is 35.4 Å². The fraction of sp³-hybridized carbons (Fsp3) is 0.111. The summed E-state index contributed by atoms with van der Waals surface area (Å²) in [7, 11) is 3.28. The Labute approximate surface area is 237 Å². The summed E-state index contributed by atoms with van der Waals surface area (Å²) in [5.41, 5.74) is 6.63. The predicted octanol–water partition coefficient (Wildman–Crippen LogP) is 8.84. The summed E-state index contributed by atoms with van der Waals surface area (Å²) in [6.07, 6.45) is 11.7. The van der Waals surface area contributed by atoms with Crippen LogP contribution in [0.4, 0.5) is 0 Å². The van der Waals surface area contributed by atoms with Gasteiger partial charge in [-0.2, -0.15) is 0 Å². The molecule has 40 heavy (non-hydrogen) atoms. The van der Waals surface area contributed by atoms with Crippen LogP contribution in [0.3, 0.4) is 0 Å². The lowest BCUT2D eigenvalue weighted by Crippen LogP contribution is -1.96. The number of ether oxygens (including phenoxy) is 4. The van der Waals surface area contributed by atoms with Gasteiger partial charge in [-0.25, -0.2) is 0 Å². The normalized spacial score (nSPS) is 10.9. The van der Waals surface area contributed by atoms with Gasteiger partial charge in [0.1, 0.15) is 13.2 Å². The van der Waals surface area contributed by atoms with E-state index in [1.807, 2.05) is 36.4 Å². The maximum atomic E-state index is 5.63. The SMILES string of the molecule is C=CCOc1ccc(C=Cc2ccc(-c3ccc(C=Cc4ccc(OCC=C)c(OC)c4)cc3)cc2)cc1OC. The van der Waals surface area contributed by atoms with Crippen LogP contribution in [0.15, 0.2) is 110 Å². The van der Waals surface area contributed by atoms with Gasteiger partial charge in [0.2, 0.25) is 0 Å². The van der Waals surface area contributed by atoms with E-state index in [0.717, 1.165) is 33.4 Å². The minimum atomic E-state index is 0.439. The van der Waals surface area contributed by atoms with Gasteiger partial charge < -0.3 is 18.9 Å². The molecule has 0 spiro atoms. The van der Waals surface area contributed by atoms with Gasteiger partial charge in [0.25, 0.3) is 0 Å². The zero-order valence-corrected chi connectivity index (χ0v) is 23.0. The largest absolute Gasteiger partial charge is 0.493 e. The van der Waals surface area contributed by atoms with Crippen LogP contribution in [0, 0.1) is 0 Å². The van der Waals surface area contributed by atoms with Crippen molar-refractivity contribution in [2.24, 2.45) is 0 Å². The summed E-state index contributed by atoms with van der Waals surface area (Å²) in [6.45, 7) is 8.25. The topological polar surface area (TPSA) is 36.9 Å². The third kappa shape index (κ3) is 7.55. The molecule has 0 fully saturated rings. The Hall–Kier alpha value is -4.96. The van der Waals surface area contributed by atoms with E-state index in [0.29, 0.717) is 36.2 Å². The molecule has 0 atom stereocenters. The summed E-state index contributed by atoms with van der Waals surface area (Å²) in [4.78, 5) is 0. The quantitative estimate of drug-likeness (QED) is 0.128. The van der Waals surface area contributed by atoms with E-state index in [1.165, 1.54) is 0 Å². The highest BCUT2D eigenvalue weighted by Gasteiger charge is 2.05. The van der Waals surface area contributed by atoms with Crippen molar-refractivity contribution < 1.29 is 18.9 Å². The second kappa shape index (κ2) is 14.3. The zero-order chi connectivity index (χ0) is 28.2. The lowest BCUT2D eigenvalue weighted by Gasteiger charge is -2.09. The van der Waals surface area contributed by atoms with Crippen LogP contribution in [0.2, 0.25) is 0 Å². The molecule has 0 aliphatic carbocycles. The number of rotatable bonds is 13. The highest BCUT2D eigenvalue weighted by molar-refractivity contribution is 5.75. The fourth-order valence-electron chi connectivity index (χ4n) is 4.07. The monoisotopic (exact) mass is 530 g/mol. The standard InChI is InChI=1S/C36H34O4/c1-5-23-39-33-21-15-29(25-35(33)37-3)9-7-27-11-17-31(18-12-27)32-19-13-28(14-20-32)8-10-30-16-22-34(40-24-6-2)36(26-30)38-4/h5-22,25-26H,1-2,23-24H2,3-4H3. The van der Waals surface area contributed by atoms with Crippen molar-refractivity contribution in [1.29, 1.82) is 0 Å². The lowest BCUT2D eigenvalue weighted by atomic mass is 10.0. The van der Waals surface area contributed by atoms with Crippen molar-refractivity contribution in [2.45, 2.75) is 0 Å². The van der Waals surface area contributed by atoms with E-state index in [1.54, 1.807) is 26.4 Å². The van der Waals surface area contributed by atoms with Gasteiger partial charge in [-0.15, -0.1) is 0 Å². The van der Waals surface area contributed by atoms with Gasteiger partial charge in [-0.3, -0.25) is 0 Å². The van der Waals surface area contributed by atoms with Crippen molar-refractivity contribution in [1.82, 2.24) is 0 Å². The Morgan fingerprint density at radius 1 is 0.475 bits per heavy atom. The van der Waals surface area contributed by atoms with E-state index in [2.05, 4.69) is 86.0 Å². The van der Waals surface area contributed by atoms with E-state index in [9.17, 15) is 0 Å². The molecule has 4 aromatic rings. The van der Waals surface area contributed by atoms with Crippen LogP contribution in [-0.4, -0.2) is 27.4 Å². The van der Waals surface area contributed by atoms with Gasteiger partial charge in [-0.1, -0.05) is 110 Å². The summed E-state index contributed by atoms with van der Waals surface area (Å²) in [6, 6.07) is 28.8. The average molecular weight is 531 g/mol. The van der Waals surface area contributed by atoms with Gasteiger partial charge in [0.05, 0.1) is 14.2 Å². The van der Waals surface area contributed by atoms with Gasteiger partial charge in [0.15, 0.2) is 23.0 Å². The van der Waals surface area contributed by atoms with Crippen LogP contribution < -0.4 is 18.9 Å². The summed E-state index contributed by atoms with van der Waals surface area (Å²) >= 11 is 0. The molecule has 0 radical (unpaired) electrons. The predicted molar refractivity (Wildman–Crippen MR) is 167 cm³/mol. The van der Waals surface area contributed by atoms with E-state index in [-0.39, 0.29) is 0 Å². The lowest BCUT2D eigenvalue weighted by molar-refractivity contribution is 0.326. The Morgan fingerprint density at radius 3 is 1.18 bits per heavy atom. The number of benzene rings is 4. The molecule has 0 bridgehead atoms. The molecule has 4 nitrogen and oxygen atoms in total. The Morgan fingerprint density at radius 2 is 0.825 bits per heavy atom. The Balaban J connectivity index is 1.39. The van der Waals surface area contributed by atoms with Crippen LogP contribution in [0.5, 0.6) is 23.0 Å². The van der Waals surface area contributed by atoms with E-state index < -0.39 is 0 Å². The van der Waals surface area contributed by atoms with Crippen molar-refractivity contribution in [3.63, 3.8) is 0 Å². The van der Waals surface area contributed by atoms with Crippen molar-refractivity contribution in [3.05, 3.63) is 132 Å². The van der Waals surface area contributed by atoms with Crippen LogP contribution >= 0.6 is 0 Å². The van der Waals surface area contributed by atoms with E-state index >= 15 is 0 Å². The van der Waals surface area contributed by atoms with Gasteiger partial charge in [-0.05, 0) is 57.6 Å². The van der Waals surface area contributed by atoms with Crippen molar-refractivity contribution in [2.75, 3.05) is 27.4 Å². The fourth-order valence-corrected chi connectivity index (χ4v) is 4.07. The molecular formula is C36H34O4. The maximum absolute atomic E-state index is 5.63. The molecular weight excluding hydrogens is 496 g/mol. The maximum Gasteiger partial charge on any atom is 0.161 e. The Bertz CT molecular complexity index is 1360. The van der Waals surface area contributed by atoms with E-state index in [4.69, 9.17) is 18.9 Å². The highest BCUT2D eigenvalue weighted by Crippen LogP contribution is 2.30. The third-order valence-corrected chi connectivity index (χ3v) is 6.18. The minimum Gasteiger partial charge on any atom is -0.493 e. The van der Waals surface area contributed by atoms with Crippen molar-refractivity contribution >= 4 is 24.3 Å². The molecule has 4 heteroatoms. The third-order valence-electron chi connectivity index (χ3n) is 6.18. The first-order valence-electron chi connectivity index (χ1n) is 13.0. The molecule has 0 N–H and O–H groups in total. The second-order valence-corrected chi connectivity index (χ2v) is 8.93. The van der Waals surface area contributed by atoms with Gasteiger partial charge >= 0.3 is 0 Å². The number of methoxy groups -OCH3 is 2. The first-order valence-corrected chi connectivity index (χ1v) is 13.0. The molecule has 0 heterocycles. The second-order valence-electron chi connectivity index (χ2n) is 8.93. The number of hydrogen-bond acceptors (Lipinski definition) is 4. The molecule has 0 saturated carbocycles. The molecule has 202 valence electrons. The summed E-state index contributed by atoms with van der Waals surface area (Å²) < 4.78 is 22.2. The smallest absolute Gasteiger partial charge is 0.161 e. The van der Waals surface area contributed by atoms with Crippen LogP contribution in [0.1, 0.15) is 22.3 Å². The molecule has 0 aromatic heterocycles. The molecule has 0 saturated heterocycles. The van der Waals surface area contributed by atoms with Crippen LogP contribution in [-0.2, 0) is 0 Å². The first kappa shape index (κ1) is 28.1. The molecule has 0 aliphatic rings. The molecule has 0 aliphatic heterocycles. The zero-order valence-electron chi connectivity index (χ0n) is 23.0.